The standard InChI is InChI=1S/C23H24N6O.C16H17ClN6.C7H9BO3/c1-16-5-4-11-28(16)22-9-3-8-21(26-22)25-20-14-19(27-29-12-10-24-23(20)29)18-7-2-6-17(13-18)15-30;1-11-4-3-8-22(11)15-6-2-5-14(20-15)19-12-10-13(17)21-23-9-7-18-16(12)23;9-5-6-2-1-3-7(4-6)8(10)11/h2-3,6-10,12-14,16,30H,4-5,11,15H2,1H3,(H,25,26);2,5-7,9-11H,3-4,8H2,1H3,(H,19,20);1-4,9-11H,5H2. The quantitative estimate of drug-likeness (QED) is 0.0828. The number of fused-ring (bicyclic) bond motifs is 2. The average Bonchev–Trinajstić information content (AvgIpc) is 4.16. The van der Waals surface area contributed by atoms with Crippen LogP contribution in [-0.4, -0.2) is 91.7 Å². The third-order valence-electron chi connectivity index (χ3n) is 11.2. The summed E-state index contributed by atoms with van der Waals surface area (Å²) in [7, 11) is -1.46. The van der Waals surface area contributed by atoms with Crippen LogP contribution in [0.2, 0.25) is 5.15 Å². The molecular weight excluding hydrogens is 831 g/mol. The number of aromatic nitrogens is 8. The van der Waals surface area contributed by atoms with E-state index in [4.69, 9.17) is 36.7 Å². The lowest BCUT2D eigenvalue weighted by Crippen LogP contribution is -2.29. The van der Waals surface area contributed by atoms with Crippen molar-refractivity contribution < 1.29 is 20.3 Å². The Kier molecular flexibility index (Phi) is 13.9. The van der Waals surface area contributed by atoms with Gasteiger partial charge in [-0.25, -0.2) is 29.0 Å². The van der Waals surface area contributed by atoms with Gasteiger partial charge in [0.15, 0.2) is 16.4 Å². The zero-order valence-corrected chi connectivity index (χ0v) is 36.3. The molecule has 2 unspecified atom stereocenters. The largest absolute Gasteiger partial charge is 0.488 e. The molecule has 0 bridgehead atoms. The predicted molar refractivity (Wildman–Crippen MR) is 252 cm³/mol. The first-order valence-corrected chi connectivity index (χ1v) is 21.6. The molecule has 0 amide bonds. The molecule has 0 spiro atoms. The van der Waals surface area contributed by atoms with Crippen LogP contribution in [-0.2, 0) is 13.2 Å². The molecule has 6 aromatic heterocycles. The molecule has 2 atom stereocenters. The van der Waals surface area contributed by atoms with Gasteiger partial charge in [0, 0.05) is 61.6 Å². The minimum Gasteiger partial charge on any atom is -0.423 e. The Morgan fingerprint density at radius 1 is 0.656 bits per heavy atom. The Hall–Kier alpha value is -6.63. The molecule has 2 fully saturated rings. The first kappa shape index (κ1) is 44.0. The van der Waals surface area contributed by atoms with Crippen molar-refractivity contribution in [2.75, 3.05) is 33.5 Å². The summed E-state index contributed by atoms with van der Waals surface area (Å²) in [4.78, 5) is 23.0. The molecule has 328 valence electrons. The average molecular weight is 881 g/mol. The fraction of sp³-hybridized carbons (Fsp3) is 0.261. The Morgan fingerprint density at radius 3 is 1.73 bits per heavy atom. The Morgan fingerprint density at radius 2 is 1.19 bits per heavy atom. The first-order valence-electron chi connectivity index (χ1n) is 21.3. The van der Waals surface area contributed by atoms with E-state index in [2.05, 4.69) is 66.6 Å². The highest BCUT2D eigenvalue weighted by Crippen LogP contribution is 2.30. The second kappa shape index (κ2) is 20.3. The minimum atomic E-state index is -1.46. The van der Waals surface area contributed by atoms with Crippen LogP contribution < -0.4 is 25.9 Å². The van der Waals surface area contributed by atoms with E-state index in [1.807, 2.05) is 60.8 Å². The molecule has 64 heavy (non-hydrogen) atoms. The van der Waals surface area contributed by atoms with Gasteiger partial charge in [-0.1, -0.05) is 66.2 Å². The zero-order chi connectivity index (χ0) is 44.6. The van der Waals surface area contributed by atoms with Gasteiger partial charge in [0.1, 0.15) is 23.3 Å². The number of aliphatic hydroxyl groups excluding tert-OH is 2. The lowest BCUT2D eigenvalue weighted by atomic mass is 9.80. The highest BCUT2D eigenvalue weighted by molar-refractivity contribution is 6.58. The molecule has 8 aromatic rings. The zero-order valence-electron chi connectivity index (χ0n) is 35.6. The summed E-state index contributed by atoms with van der Waals surface area (Å²) in [5.74, 6) is 3.54. The van der Waals surface area contributed by atoms with Crippen LogP contribution >= 0.6 is 11.6 Å². The van der Waals surface area contributed by atoms with Crippen molar-refractivity contribution in [2.45, 2.75) is 64.8 Å². The maximum absolute atomic E-state index is 9.47. The summed E-state index contributed by atoms with van der Waals surface area (Å²) >= 11 is 6.07. The van der Waals surface area contributed by atoms with Crippen molar-refractivity contribution in [2.24, 2.45) is 0 Å². The van der Waals surface area contributed by atoms with Crippen LogP contribution in [0.25, 0.3) is 22.6 Å². The van der Waals surface area contributed by atoms with E-state index in [0.29, 0.717) is 28.3 Å². The number of nitrogens with zero attached hydrogens (tertiary/aromatic N) is 10. The van der Waals surface area contributed by atoms with Crippen LogP contribution in [0.5, 0.6) is 0 Å². The van der Waals surface area contributed by atoms with E-state index in [1.54, 1.807) is 58.0 Å². The second-order valence-electron chi connectivity index (χ2n) is 15.7. The van der Waals surface area contributed by atoms with Crippen molar-refractivity contribution in [3.05, 3.63) is 138 Å². The number of nitrogens with one attached hydrogen (secondary N) is 2. The molecule has 2 saturated heterocycles. The van der Waals surface area contributed by atoms with E-state index < -0.39 is 7.12 Å². The van der Waals surface area contributed by atoms with E-state index in [1.165, 1.54) is 25.7 Å². The first-order chi connectivity index (χ1) is 31.1. The number of rotatable bonds is 10. The van der Waals surface area contributed by atoms with Crippen LogP contribution in [0.15, 0.2) is 122 Å². The number of halogens is 1. The molecule has 2 aliphatic rings. The summed E-state index contributed by atoms with van der Waals surface area (Å²) in [5, 5.41) is 51.6. The lowest BCUT2D eigenvalue weighted by molar-refractivity contribution is 0.281. The molecule has 2 aliphatic heterocycles. The van der Waals surface area contributed by atoms with Gasteiger partial charge in [0.25, 0.3) is 0 Å². The summed E-state index contributed by atoms with van der Waals surface area (Å²) < 4.78 is 3.41. The fourth-order valence-corrected chi connectivity index (χ4v) is 8.13. The van der Waals surface area contributed by atoms with Gasteiger partial charge < -0.3 is 40.7 Å². The molecule has 6 N–H and O–H groups in total. The molecule has 18 heteroatoms. The number of anilines is 6. The second-order valence-corrected chi connectivity index (χ2v) is 16.1. The van der Waals surface area contributed by atoms with Crippen molar-refractivity contribution in [1.82, 2.24) is 39.2 Å². The van der Waals surface area contributed by atoms with Crippen LogP contribution in [0, 0.1) is 0 Å². The van der Waals surface area contributed by atoms with Gasteiger partial charge in [-0.3, -0.25) is 0 Å². The van der Waals surface area contributed by atoms with Gasteiger partial charge in [0.2, 0.25) is 0 Å². The van der Waals surface area contributed by atoms with Crippen LogP contribution in [0.3, 0.4) is 0 Å². The monoisotopic (exact) mass is 880 g/mol. The van der Waals surface area contributed by atoms with Crippen LogP contribution in [0.4, 0.5) is 34.6 Å². The van der Waals surface area contributed by atoms with Crippen molar-refractivity contribution in [1.29, 1.82) is 0 Å². The van der Waals surface area contributed by atoms with E-state index in [9.17, 15) is 5.11 Å². The third-order valence-corrected chi connectivity index (χ3v) is 11.4. The number of imidazole rings is 2. The normalized spacial score (nSPS) is 15.7. The van der Waals surface area contributed by atoms with Gasteiger partial charge in [-0.05, 0) is 92.5 Å². The third kappa shape index (κ3) is 10.4. The predicted octanol–water partition coefficient (Wildman–Crippen LogP) is 6.38. The van der Waals surface area contributed by atoms with E-state index >= 15 is 0 Å². The molecule has 0 saturated carbocycles. The molecule has 0 aliphatic carbocycles. The number of hydrogen-bond acceptors (Lipinski definition) is 14. The summed E-state index contributed by atoms with van der Waals surface area (Å²) in [5.41, 5.74) is 6.73. The molecule has 8 heterocycles. The molecule has 16 nitrogen and oxygen atoms in total. The summed E-state index contributed by atoms with van der Waals surface area (Å²) in [6, 6.07) is 31.1. The minimum absolute atomic E-state index is 0.00208. The summed E-state index contributed by atoms with van der Waals surface area (Å²) in [6.07, 6.45) is 11.9. The molecular formula is C46H50BClN12O4. The molecule has 0 radical (unpaired) electrons. The fourth-order valence-electron chi connectivity index (χ4n) is 7.94. The van der Waals surface area contributed by atoms with Crippen molar-refractivity contribution in [3.8, 4) is 11.3 Å². The SMILES string of the molecule is CC1CCCN1c1cccc(Nc2cc(-c3cccc(CO)c3)nn3ccnc23)n1.CC1CCCN1c1cccc(Nc2cc(Cl)nn3ccnc23)n1.OCc1cccc(B(O)O)c1. The topological polar surface area (TPSA) is 198 Å². The van der Waals surface area contributed by atoms with Crippen LogP contribution in [0.1, 0.15) is 50.7 Å². The van der Waals surface area contributed by atoms with Crippen molar-refractivity contribution in [3.63, 3.8) is 0 Å². The molecule has 10 rings (SSSR count). The highest BCUT2D eigenvalue weighted by Gasteiger charge is 2.23. The highest BCUT2D eigenvalue weighted by atomic mass is 35.5. The van der Waals surface area contributed by atoms with Crippen molar-refractivity contribution >= 4 is 70.1 Å². The molecule has 2 aromatic carbocycles. The smallest absolute Gasteiger partial charge is 0.423 e. The Labute approximate surface area is 376 Å². The Bertz CT molecular complexity index is 2820. The van der Waals surface area contributed by atoms with Gasteiger partial charge in [0.05, 0.1) is 30.3 Å². The number of benzene rings is 2. The Balaban J connectivity index is 0.000000145. The number of aliphatic hydroxyl groups is 2. The lowest BCUT2D eigenvalue weighted by Gasteiger charge is -2.23. The number of hydrogen-bond donors (Lipinski definition) is 6. The number of pyridine rings is 2. The summed E-state index contributed by atoms with van der Waals surface area (Å²) in [6.45, 7) is 6.51. The van der Waals surface area contributed by atoms with E-state index in [-0.39, 0.29) is 13.2 Å². The van der Waals surface area contributed by atoms with Gasteiger partial charge >= 0.3 is 7.12 Å². The van der Waals surface area contributed by atoms with Gasteiger partial charge in [-0.2, -0.15) is 10.2 Å². The maximum Gasteiger partial charge on any atom is 0.488 e. The van der Waals surface area contributed by atoms with Gasteiger partial charge in [-0.15, -0.1) is 0 Å². The maximum atomic E-state index is 9.47. The van der Waals surface area contributed by atoms with E-state index in [0.717, 1.165) is 75.9 Å².